The number of aryl methyl sites for hydroxylation is 3. The van der Waals surface area contributed by atoms with Crippen molar-refractivity contribution in [2.75, 3.05) is 50.5 Å². The molecule has 0 fully saturated rings. The number of nitrogens with one attached hydrogen (secondary N) is 2. The van der Waals surface area contributed by atoms with Crippen LogP contribution < -0.4 is 10.6 Å². The van der Waals surface area contributed by atoms with Crippen molar-refractivity contribution in [3.05, 3.63) is 41.5 Å². The van der Waals surface area contributed by atoms with Crippen LogP contribution in [0.15, 0.2) is 24.5 Å². The van der Waals surface area contributed by atoms with Crippen molar-refractivity contribution in [3.63, 3.8) is 0 Å². The van der Waals surface area contributed by atoms with Crippen LogP contribution in [0.4, 0.5) is 16.0 Å². The molecule has 0 bridgehead atoms. The van der Waals surface area contributed by atoms with E-state index < -0.39 is 18.2 Å². The van der Waals surface area contributed by atoms with Crippen LogP contribution in [0.3, 0.4) is 0 Å². The number of carboxylic acids is 1. The highest BCUT2D eigenvalue weighted by Crippen LogP contribution is 2.20. The molecule has 0 radical (unpaired) electrons. The predicted molar refractivity (Wildman–Crippen MR) is 134 cm³/mol. The number of fused-ring (bicyclic) bond motifs is 1. The first-order valence-electron chi connectivity index (χ1n) is 12.3. The molecule has 9 nitrogen and oxygen atoms in total. The molecule has 3 N–H and O–H groups in total. The van der Waals surface area contributed by atoms with E-state index in [4.69, 9.17) is 9.72 Å². The Hall–Kier alpha value is -2.85. The highest BCUT2D eigenvalue weighted by molar-refractivity contribution is 5.76. The minimum Gasteiger partial charge on any atom is -0.480 e. The fourth-order valence-electron chi connectivity index (χ4n) is 4.24. The van der Waals surface area contributed by atoms with Crippen LogP contribution >= 0.6 is 0 Å². The van der Waals surface area contributed by atoms with Crippen molar-refractivity contribution >= 4 is 17.6 Å². The Balaban J connectivity index is 1.51. The van der Waals surface area contributed by atoms with Gasteiger partial charge < -0.3 is 25.4 Å². The van der Waals surface area contributed by atoms with Crippen molar-refractivity contribution in [1.82, 2.24) is 19.9 Å². The van der Waals surface area contributed by atoms with E-state index in [2.05, 4.69) is 32.7 Å². The number of rotatable bonds is 15. The molecule has 1 aliphatic heterocycles. The average Bonchev–Trinajstić information content (AvgIpc) is 2.84. The minimum absolute atomic E-state index is 0.0159. The van der Waals surface area contributed by atoms with Crippen molar-refractivity contribution < 1.29 is 19.0 Å². The van der Waals surface area contributed by atoms with E-state index in [1.165, 1.54) is 18.9 Å². The first kappa shape index (κ1) is 26.7. The van der Waals surface area contributed by atoms with Gasteiger partial charge in [0.2, 0.25) is 0 Å². The van der Waals surface area contributed by atoms with Crippen molar-refractivity contribution in [3.8, 4) is 0 Å². The van der Waals surface area contributed by atoms with E-state index in [0.717, 1.165) is 50.2 Å². The third-order valence-corrected chi connectivity index (χ3v) is 6.02. The van der Waals surface area contributed by atoms with Crippen LogP contribution in [0.25, 0.3) is 0 Å². The molecule has 192 valence electrons. The molecule has 35 heavy (non-hydrogen) atoms. The van der Waals surface area contributed by atoms with Crippen molar-refractivity contribution in [2.45, 2.75) is 57.7 Å². The van der Waals surface area contributed by atoms with Crippen molar-refractivity contribution in [1.29, 1.82) is 0 Å². The first-order chi connectivity index (χ1) is 16.9. The normalized spacial score (nSPS) is 14.7. The lowest BCUT2D eigenvalue weighted by molar-refractivity contribution is -0.138. The van der Waals surface area contributed by atoms with Gasteiger partial charge in [0.1, 0.15) is 23.8 Å². The number of methoxy groups -OCH3 is 1. The summed E-state index contributed by atoms with van der Waals surface area (Å²) in [5.74, 6) is 0.438. The smallest absolute Gasteiger partial charge is 0.326 e. The van der Waals surface area contributed by atoms with E-state index in [9.17, 15) is 14.3 Å². The number of halogens is 1. The zero-order valence-corrected chi connectivity index (χ0v) is 20.7. The minimum atomic E-state index is -1.13. The maximum Gasteiger partial charge on any atom is 0.326 e. The fraction of sp³-hybridized carbons (Fsp3) is 0.600. The summed E-state index contributed by atoms with van der Waals surface area (Å²) in [7, 11) is 1.48. The van der Waals surface area contributed by atoms with Gasteiger partial charge in [-0.25, -0.2) is 19.2 Å². The zero-order chi connectivity index (χ0) is 25.0. The van der Waals surface area contributed by atoms with Gasteiger partial charge in [0.25, 0.3) is 0 Å². The second-order valence-electron chi connectivity index (χ2n) is 9.02. The summed E-state index contributed by atoms with van der Waals surface area (Å²) in [6.07, 6.45) is 7.12. The lowest BCUT2D eigenvalue weighted by Gasteiger charge is -2.26. The molecule has 2 unspecified atom stereocenters. The van der Waals surface area contributed by atoms with Gasteiger partial charge in [0, 0.05) is 38.6 Å². The number of aromatic nitrogens is 3. The summed E-state index contributed by atoms with van der Waals surface area (Å²) >= 11 is 0. The summed E-state index contributed by atoms with van der Waals surface area (Å²) in [4.78, 5) is 26.9. The number of unbranched alkanes of at least 4 members (excludes halogenated alkanes) is 1. The van der Waals surface area contributed by atoms with Crippen LogP contribution in [-0.4, -0.2) is 83.0 Å². The molecule has 0 spiro atoms. The standard InChI is InChI=1S/C25H37FN6O3/c1-18-14-27-15-23(29-18)31-22(25(33)34)10-13-32(16-20(26)17-35-2)12-4-3-7-21-9-8-19-6-5-11-28-24(19)30-21/h8-9,14-15,20,22H,3-7,10-13,16-17H2,1-2H3,(H,28,30)(H,29,31)(H,33,34). The molecule has 1 aliphatic rings. The van der Waals surface area contributed by atoms with Crippen molar-refractivity contribution in [2.24, 2.45) is 0 Å². The molecule has 3 rings (SSSR count). The highest BCUT2D eigenvalue weighted by atomic mass is 19.1. The second-order valence-corrected chi connectivity index (χ2v) is 9.02. The third kappa shape index (κ3) is 9.03. The molecule has 0 amide bonds. The predicted octanol–water partition coefficient (Wildman–Crippen LogP) is 3.10. The van der Waals surface area contributed by atoms with E-state index >= 15 is 0 Å². The lowest BCUT2D eigenvalue weighted by Crippen LogP contribution is -2.38. The van der Waals surface area contributed by atoms with Crippen LogP contribution in [0.2, 0.25) is 0 Å². The molecule has 2 aromatic heterocycles. The number of anilines is 2. The fourth-order valence-corrected chi connectivity index (χ4v) is 4.24. The monoisotopic (exact) mass is 488 g/mol. The van der Waals surface area contributed by atoms with Gasteiger partial charge in [0.15, 0.2) is 0 Å². The zero-order valence-electron chi connectivity index (χ0n) is 20.7. The molecule has 3 heterocycles. The number of carboxylic acid groups (broad SMARTS) is 1. The van der Waals surface area contributed by atoms with Gasteiger partial charge in [-0.2, -0.15) is 0 Å². The maximum absolute atomic E-state index is 14.3. The van der Waals surface area contributed by atoms with Crippen LogP contribution in [0, 0.1) is 6.92 Å². The summed E-state index contributed by atoms with van der Waals surface area (Å²) in [5, 5.41) is 16.0. The van der Waals surface area contributed by atoms with Gasteiger partial charge in [0.05, 0.1) is 18.5 Å². The highest BCUT2D eigenvalue weighted by Gasteiger charge is 2.21. The van der Waals surface area contributed by atoms with E-state index in [1.807, 2.05) is 4.90 Å². The number of alkyl halides is 1. The molecule has 0 aromatic carbocycles. The molecule has 2 atom stereocenters. The third-order valence-electron chi connectivity index (χ3n) is 6.02. The van der Waals surface area contributed by atoms with Gasteiger partial charge in [-0.3, -0.25) is 4.98 Å². The quantitative estimate of drug-likeness (QED) is 0.326. The summed E-state index contributed by atoms with van der Waals surface area (Å²) < 4.78 is 19.3. The molecule has 0 saturated heterocycles. The molecule has 2 aromatic rings. The number of ether oxygens (including phenoxy) is 1. The second kappa shape index (κ2) is 13.9. The van der Waals surface area contributed by atoms with E-state index in [0.29, 0.717) is 31.0 Å². The Morgan fingerprint density at radius 1 is 1.29 bits per heavy atom. The van der Waals surface area contributed by atoms with Crippen LogP contribution in [0.5, 0.6) is 0 Å². The molecule has 0 saturated carbocycles. The maximum atomic E-state index is 14.3. The van der Waals surface area contributed by atoms with E-state index in [1.54, 1.807) is 13.1 Å². The Morgan fingerprint density at radius 3 is 2.91 bits per heavy atom. The van der Waals surface area contributed by atoms with E-state index in [-0.39, 0.29) is 13.2 Å². The topological polar surface area (TPSA) is 113 Å². The Kier molecular flexibility index (Phi) is 10.6. The van der Waals surface area contributed by atoms with Crippen LogP contribution in [-0.2, 0) is 22.4 Å². The van der Waals surface area contributed by atoms with Gasteiger partial charge in [-0.15, -0.1) is 0 Å². The van der Waals surface area contributed by atoms with Gasteiger partial charge in [-0.05, 0) is 63.6 Å². The number of aliphatic carboxylic acids is 1. The molecule has 0 aliphatic carbocycles. The number of nitrogens with zero attached hydrogens (tertiary/aromatic N) is 4. The Morgan fingerprint density at radius 2 is 2.14 bits per heavy atom. The summed E-state index contributed by atoms with van der Waals surface area (Å²) in [5.41, 5.74) is 3.03. The number of carbonyl (C=O) groups is 1. The largest absolute Gasteiger partial charge is 0.480 e. The van der Waals surface area contributed by atoms with Gasteiger partial charge in [-0.1, -0.05) is 6.07 Å². The summed E-state index contributed by atoms with van der Waals surface area (Å²) in [6, 6.07) is 3.41. The van der Waals surface area contributed by atoms with Crippen LogP contribution in [0.1, 0.15) is 42.6 Å². The SMILES string of the molecule is COCC(F)CN(CCCCc1ccc2c(n1)NCCC2)CCC(Nc1cncc(C)n1)C(=O)O. The molecule has 10 heteroatoms. The molecular weight excluding hydrogens is 451 g/mol. The summed E-state index contributed by atoms with van der Waals surface area (Å²) in [6.45, 7) is 4.09. The average molecular weight is 489 g/mol. The number of hydrogen-bond acceptors (Lipinski definition) is 8. The first-order valence-corrected chi connectivity index (χ1v) is 12.3. The Bertz CT molecular complexity index is 947. The van der Waals surface area contributed by atoms with Gasteiger partial charge >= 0.3 is 5.97 Å². The molecular formula is C25H37FN6O3. The lowest BCUT2D eigenvalue weighted by atomic mass is 10.1. The number of pyridine rings is 1. The number of hydrogen-bond donors (Lipinski definition) is 3. The Labute approximate surface area is 206 Å².